The number of rotatable bonds is 5. The van der Waals surface area contributed by atoms with Crippen LogP contribution in [0.2, 0.25) is 0 Å². The molecule has 2 aromatic heterocycles. The second kappa shape index (κ2) is 23.7. The number of anilines is 10. The Morgan fingerprint density at radius 3 is 1.50 bits per heavy atom. The van der Waals surface area contributed by atoms with E-state index in [1.54, 1.807) is 5.56 Å². The van der Waals surface area contributed by atoms with E-state index in [4.69, 9.17) is 0 Å². The van der Waals surface area contributed by atoms with Crippen molar-refractivity contribution in [3.8, 4) is 0 Å². The van der Waals surface area contributed by atoms with Gasteiger partial charge in [-0.15, -0.1) is 22.7 Å². The van der Waals surface area contributed by atoms with E-state index in [0.29, 0.717) is 0 Å². The number of fused-ring (bicyclic) bond motifs is 17. The molecule has 7 heteroatoms. The van der Waals surface area contributed by atoms with Crippen LogP contribution in [0.15, 0.2) is 164 Å². The zero-order chi connectivity index (χ0) is 74.1. The van der Waals surface area contributed by atoms with Crippen molar-refractivity contribution >= 4 is 143 Å². The maximum absolute atomic E-state index is 2.88. The van der Waals surface area contributed by atoms with Crippen molar-refractivity contribution in [2.75, 3.05) is 19.6 Å². The SMILES string of the molecule is Cc1cc(N(c2c(C)cc(C(C)(C)C)cc2C)c2cccc3sc4ccccc4c23)cc(N2c3ccc(C(C)(C)C)cc3C3(C)CCCCC23C)c1.Cc1cc2c3c(c1)N1c4c(cc(C(C)(C)C)cc4C4(C)CCCCC14C)B3c1ccc3sc4ccccc4c3c1N2c1c(C)cc(C(C)(C)C)cc1C. The van der Waals surface area contributed by atoms with E-state index in [2.05, 4.69) is 336 Å². The lowest BCUT2D eigenvalue weighted by Gasteiger charge is -2.53. The molecule has 10 aromatic carbocycles. The molecule has 6 aliphatic rings. The van der Waals surface area contributed by atoms with Crippen LogP contribution in [0.4, 0.5) is 56.9 Å². The Morgan fingerprint density at radius 2 is 0.895 bits per heavy atom. The maximum Gasteiger partial charge on any atom is 0.252 e. The highest BCUT2D eigenvalue weighted by Gasteiger charge is 2.62. The van der Waals surface area contributed by atoms with Crippen molar-refractivity contribution < 1.29 is 0 Å². The summed E-state index contributed by atoms with van der Waals surface area (Å²) in [7, 11) is 0. The van der Waals surface area contributed by atoms with Crippen LogP contribution in [-0.2, 0) is 32.5 Å². The number of hydrogen-bond acceptors (Lipinski definition) is 6. The molecule has 4 aliphatic heterocycles. The van der Waals surface area contributed by atoms with Crippen molar-refractivity contribution in [3.05, 3.63) is 231 Å². The highest BCUT2D eigenvalue weighted by atomic mass is 32.1. The molecule has 0 bridgehead atoms. The van der Waals surface area contributed by atoms with Crippen LogP contribution in [0.5, 0.6) is 0 Å². The number of aryl methyl sites for hydroxylation is 6. The van der Waals surface area contributed by atoms with Gasteiger partial charge in [0.15, 0.2) is 0 Å². The van der Waals surface area contributed by atoms with Gasteiger partial charge in [0.1, 0.15) is 0 Å². The molecule has 0 saturated heterocycles. The fourth-order valence-corrected chi connectivity index (χ4v) is 23.1. The van der Waals surface area contributed by atoms with Gasteiger partial charge in [-0.25, -0.2) is 0 Å². The first-order chi connectivity index (χ1) is 49.5. The highest BCUT2D eigenvalue weighted by molar-refractivity contribution is 7.26. The summed E-state index contributed by atoms with van der Waals surface area (Å²) < 4.78 is 5.38. The summed E-state index contributed by atoms with van der Waals surface area (Å²) in [4.78, 5) is 11.0. The molecule has 2 fully saturated rings. The van der Waals surface area contributed by atoms with Crippen molar-refractivity contribution in [2.45, 2.75) is 247 Å². The third kappa shape index (κ3) is 10.3. The van der Waals surface area contributed by atoms with Crippen LogP contribution in [0, 0.1) is 41.5 Å². The highest BCUT2D eigenvalue weighted by Crippen LogP contribution is 2.65. The Hall–Kier alpha value is -8.10. The van der Waals surface area contributed by atoms with E-state index in [9.17, 15) is 0 Å². The fourth-order valence-electron chi connectivity index (χ4n) is 20.9. The molecule has 12 aromatic rings. The fraction of sp³-hybridized carbons (Fsp3) is 0.388. The summed E-state index contributed by atoms with van der Waals surface area (Å²) in [6.07, 6.45) is 9.98. The predicted molar refractivity (Wildman–Crippen MR) is 462 cm³/mol. The molecule has 2 aliphatic carbocycles. The van der Waals surface area contributed by atoms with E-state index in [1.165, 1.54) is 226 Å². The van der Waals surface area contributed by atoms with Gasteiger partial charge in [0, 0.05) is 85.3 Å². The first-order valence-corrected chi connectivity index (χ1v) is 41.1. The molecule has 4 unspecified atom stereocenters. The minimum Gasteiger partial charge on any atom is -0.335 e. The van der Waals surface area contributed by atoms with Crippen LogP contribution in [0.25, 0.3) is 40.3 Å². The molecule has 536 valence electrons. The Kier molecular flexibility index (Phi) is 15.8. The number of thiophene rings is 2. The monoisotopic (exact) mass is 1420 g/mol. The number of hydrogen-bond donors (Lipinski definition) is 0. The molecule has 6 heterocycles. The standard InChI is InChI=1S/C49H53BN2S.C49H56N2S/c1-28-22-37-42-38(23-28)52-44-34(48(10)20-14-15-21-49(48,52)11)26-32(47(7,8)9)27-36(44)50(42)35-18-19-40-41(33-16-12-13-17-39(33)53-40)45(35)51(37)43-29(2)24-31(25-30(43)3)46(4,5)6;1-31-25-36(30-37(26-31)51-40-22-21-34(46(4,5)6)29-39(40)48(10)23-14-15-24-49(48,51)11)50(45-32(2)27-35(28-33(45)3)47(7,8)9)41-18-16-20-43-44(41)38-17-12-13-19-42(38)52-43/h12-13,16-19,22-27H,14-15,20-21H2,1-11H3;12-13,16-22,25-30H,14-15,23-24H2,1-11H3. The Balaban J connectivity index is 0.000000155. The molecule has 18 rings (SSSR count). The maximum atomic E-state index is 2.88. The van der Waals surface area contributed by atoms with E-state index in [-0.39, 0.29) is 50.3 Å². The summed E-state index contributed by atoms with van der Waals surface area (Å²) in [5.74, 6) is 0. The molecule has 0 spiro atoms. The van der Waals surface area contributed by atoms with Gasteiger partial charge in [-0.3, -0.25) is 0 Å². The third-order valence-corrected chi connectivity index (χ3v) is 29.1. The van der Waals surface area contributed by atoms with Gasteiger partial charge in [0.2, 0.25) is 0 Å². The number of nitrogens with zero attached hydrogens (tertiary/aromatic N) is 4. The van der Waals surface area contributed by atoms with Gasteiger partial charge in [-0.2, -0.15) is 0 Å². The molecule has 4 nitrogen and oxygen atoms in total. The summed E-state index contributed by atoms with van der Waals surface area (Å²) in [6.45, 7) is 52.7. The van der Waals surface area contributed by atoms with E-state index >= 15 is 0 Å². The van der Waals surface area contributed by atoms with Crippen LogP contribution < -0.4 is 36.0 Å². The van der Waals surface area contributed by atoms with Gasteiger partial charge in [-0.1, -0.05) is 220 Å². The van der Waals surface area contributed by atoms with Crippen molar-refractivity contribution in [1.29, 1.82) is 0 Å². The molecular weight excluding hydrogens is 1310 g/mol. The third-order valence-electron chi connectivity index (χ3n) is 26.9. The van der Waals surface area contributed by atoms with Crippen LogP contribution in [0.3, 0.4) is 0 Å². The molecule has 0 radical (unpaired) electrons. The predicted octanol–water partition coefficient (Wildman–Crippen LogP) is 26.7. The Labute approximate surface area is 636 Å². The van der Waals surface area contributed by atoms with Crippen molar-refractivity contribution in [2.24, 2.45) is 0 Å². The van der Waals surface area contributed by atoms with Gasteiger partial charge in [0.05, 0.1) is 33.8 Å². The van der Waals surface area contributed by atoms with Crippen LogP contribution >= 0.6 is 22.7 Å². The second-order valence-electron chi connectivity index (χ2n) is 38.0. The average Bonchev–Trinajstić information content (AvgIpc) is 1.54. The van der Waals surface area contributed by atoms with Gasteiger partial charge in [0.25, 0.3) is 6.71 Å². The lowest BCUT2D eigenvalue weighted by molar-refractivity contribution is 0.195. The first kappa shape index (κ1) is 69.9. The van der Waals surface area contributed by atoms with E-state index in [0.717, 1.165) is 0 Å². The molecule has 0 N–H and O–H groups in total. The quantitative estimate of drug-likeness (QED) is 0.159. The van der Waals surface area contributed by atoms with E-state index < -0.39 is 0 Å². The summed E-state index contributed by atoms with van der Waals surface area (Å²) in [5.41, 5.74) is 35.0. The minimum atomic E-state index is -0.0241. The normalized spacial score (nSPS) is 21.0. The summed E-state index contributed by atoms with van der Waals surface area (Å²) in [5, 5.41) is 5.42. The molecule has 0 amide bonds. The molecule has 105 heavy (non-hydrogen) atoms. The average molecular weight is 1420 g/mol. The Morgan fingerprint density at radius 1 is 0.390 bits per heavy atom. The van der Waals surface area contributed by atoms with Crippen LogP contribution in [0.1, 0.15) is 229 Å². The molecule has 2 saturated carbocycles. The van der Waals surface area contributed by atoms with E-state index in [1.807, 2.05) is 22.7 Å². The molecular formula is C98H109BN4S2. The molecule has 4 atom stereocenters. The second-order valence-corrected chi connectivity index (χ2v) is 40.1. The number of benzene rings is 10. The smallest absolute Gasteiger partial charge is 0.252 e. The van der Waals surface area contributed by atoms with Crippen molar-refractivity contribution in [3.63, 3.8) is 0 Å². The largest absolute Gasteiger partial charge is 0.335 e. The topological polar surface area (TPSA) is 13.0 Å². The lowest BCUT2D eigenvalue weighted by atomic mass is 9.33. The van der Waals surface area contributed by atoms with Crippen molar-refractivity contribution in [1.82, 2.24) is 0 Å². The summed E-state index contributed by atoms with van der Waals surface area (Å²) in [6, 6.07) is 64.8. The van der Waals surface area contributed by atoms with Gasteiger partial charge in [-0.05, 0) is 253 Å². The first-order valence-electron chi connectivity index (χ1n) is 39.4. The summed E-state index contributed by atoms with van der Waals surface area (Å²) >= 11 is 3.83. The van der Waals surface area contributed by atoms with Crippen LogP contribution in [-0.4, -0.2) is 17.8 Å². The lowest BCUT2D eigenvalue weighted by Crippen LogP contribution is -2.64. The van der Waals surface area contributed by atoms with Gasteiger partial charge < -0.3 is 19.6 Å². The minimum absolute atomic E-state index is 0.00415. The Bertz CT molecular complexity index is 5590. The zero-order valence-electron chi connectivity index (χ0n) is 66.9. The van der Waals surface area contributed by atoms with Gasteiger partial charge >= 0.3 is 0 Å². The zero-order valence-corrected chi connectivity index (χ0v) is 68.6.